The lowest BCUT2D eigenvalue weighted by Gasteiger charge is -2.35. The van der Waals surface area contributed by atoms with Crippen molar-refractivity contribution in [1.82, 2.24) is 9.88 Å². The van der Waals surface area contributed by atoms with Crippen LogP contribution in [0.1, 0.15) is 29.9 Å². The number of halogens is 3. The van der Waals surface area contributed by atoms with Gasteiger partial charge in [-0.3, -0.25) is 14.5 Å². The van der Waals surface area contributed by atoms with Crippen LogP contribution in [-0.2, 0) is 16.1 Å². The van der Waals surface area contributed by atoms with E-state index in [0.29, 0.717) is 17.7 Å². The van der Waals surface area contributed by atoms with Gasteiger partial charge in [-0.25, -0.2) is 9.78 Å². The van der Waals surface area contributed by atoms with Gasteiger partial charge < -0.3 is 10.0 Å². The number of Topliss-reactive ketones (excluding diaryl/α,β-unsaturated/α-hetero) is 1. The zero-order valence-electron chi connectivity index (χ0n) is 17.6. The summed E-state index contributed by atoms with van der Waals surface area (Å²) in [6.07, 6.45) is 1.82. The molecule has 1 N–H and O–H groups in total. The van der Waals surface area contributed by atoms with Crippen LogP contribution in [0.2, 0.25) is 0 Å². The number of aromatic carboxylic acids is 1. The minimum atomic E-state index is -4.42. The second-order valence-corrected chi connectivity index (χ2v) is 8.61. The number of benzene rings is 1. The molecule has 0 spiro atoms. The Kier molecular flexibility index (Phi) is 8.02. The fourth-order valence-corrected chi connectivity index (χ4v) is 3.29. The molecule has 0 radical (unpaired) electrons. The summed E-state index contributed by atoms with van der Waals surface area (Å²) >= 11 is -0.267. The average Bonchev–Trinajstić information content (AvgIpc) is 2.71. The standard InChI is InChI=1S/C21H22F3N3O4S/c1-20(2,26(3)11-14-8-9-25-17(10-14)19(30)31)18(29)12-27(13-28)15-4-6-16(7-5-15)32-21(22,23)24/h4-10,13H,11-12H2,1-3H3,(H,30,31). The van der Waals surface area contributed by atoms with Crippen molar-refractivity contribution in [3.63, 3.8) is 0 Å². The summed E-state index contributed by atoms with van der Waals surface area (Å²) in [6.45, 7) is 3.30. The molecule has 2 aromatic rings. The number of nitrogens with zero attached hydrogens (tertiary/aromatic N) is 3. The first-order valence-electron chi connectivity index (χ1n) is 9.34. The van der Waals surface area contributed by atoms with Crippen LogP contribution in [-0.4, -0.2) is 57.8 Å². The van der Waals surface area contributed by atoms with Gasteiger partial charge in [-0.2, -0.15) is 13.2 Å². The van der Waals surface area contributed by atoms with Crippen molar-refractivity contribution in [3.05, 3.63) is 53.9 Å². The second-order valence-electron chi connectivity index (χ2n) is 7.47. The number of carbonyl (C=O) groups excluding carboxylic acids is 2. The highest BCUT2D eigenvalue weighted by molar-refractivity contribution is 8.00. The maximum atomic E-state index is 13.0. The molecule has 0 bridgehead atoms. The van der Waals surface area contributed by atoms with Crippen LogP contribution in [0.5, 0.6) is 0 Å². The third-order valence-corrected chi connectivity index (χ3v) is 5.68. The van der Waals surface area contributed by atoms with Crippen LogP contribution in [0.25, 0.3) is 0 Å². The van der Waals surface area contributed by atoms with Crippen LogP contribution >= 0.6 is 11.8 Å². The average molecular weight is 469 g/mol. The molecule has 11 heteroatoms. The van der Waals surface area contributed by atoms with E-state index in [1.807, 2.05) is 0 Å². The molecule has 0 aliphatic heterocycles. The van der Waals surface area contributed by atoms with E-state index in [2.05, 4.69) is 4.98 Å². The predicted molar refractivity (Wildman–Crippen MR) is 114 cm³/mol. The van der Waals surface area contributed by atoms with Gasteiger partial charge in [0.15, 0.2) is 5.78 Å². The lowest BCUT2D eigenvalue weighted by Crippen LogP contribution is -2.51. The molecule has 32 heavy (non-hydrogen) atoms. The van der Waals surface area contributed by atoms with Crippen LogP contribution in [0.15, 0.2) is 47.5 Å². The summed E-state index contributed by atoms with van der Waals surface area (Å²) in [5.74, 6) is -1.47. The van der Waals surface area contributed by atoms with Crippen LogP contribution in [0.4, 0.5) is 18.9 Å². The second kappa shape index (κ2) is 10.1. The molecular weight excluding hydrogens is 447 g/mol. The highest BCUT2D eigenvalue weighted by Crippen LogP contribution is 2.37. The highest BCUT2D eigenvalue weighted by atomic mass is 32.2. The summed E-state index contributed by atoms with van der Waals surface area (Å²) < 4.78 is 37.4. The molecule has 0 saturated carbocycles. The predicted octanol–water partition coefficient (Wildman–Crippen LogP) is 3.83. The molecule has 1 aromatic carbocycles. The Balaban J connectivity index is 2.10. The first-order valence-corrected chi connectivity index (χ1v) is 10.2. The first-order chi connectivity index (χ1) is 14.8. The van der Waals surface area contributed by atoms with E-state index >= 15 is 0 Å². The molecule has 1 aromatic heterocycles. The zero-order chi connectivity index (χ0) is 24.1. The summed E-state index contributed by atoms with van der Waals surface area (Å²) in [5, 5.41) is 9.07. The van der Waals surface area contributed by atoms with Gasteiger partial charge in [0, 0.05) is 23.3 Å². The monoisotopic (exact) mass is 469 g/mol. The third-order valence-electron chi connectivity index (χ3n) is 4.94. The SMILES string of the molecule is CN(Cc1ccnc(C(=O)O)c1)C(C)(C)C(=O)CN(C=O)c1ccc(SC(F)(F)F)cc1. The number of carbonyl (C=O) groups is 3. The number of hydrogen-bond donors (Lipinski definition) is 1. The van der Waals surface area contributed by atoms with Crippen LogP contribution in [0.3, 0.4) is 0 Å². The Labute approximate surface area is 187 Å². The Morgan fingerprint density at radius 1 is 1.16 bits per heavy atom. The van der Waals surface area contributed by atoms with Crippen molar-refractivity contribution in [3.8, 4) is 0 Å². The molecule has 2 rings (SSSR count). The number of pyridine rings is 1. The Bertz CT molecular complexity index is 981. The highest BCUT2D eigenvalue weighted by Gasteiger charge is 2.33. The first kappa shape index (κ1) is 25.3. The van der Waals surface area contributed by atoms with E-state index in [9.17, 15) is 27.6 Å². The number of thioether (sulfide) groups is 1. The summed E-state index contributed by atoms with van der Waals surface area (Å²) in [5.41, 5.74) is -4.63. The number of aromatic nitrogens is 1. The number of carboxylic acids is 1. The third kappa shape index (κ3) is 6.79. The Morgan fingerprint density at radius 3 is 2.31 bits per heavy atom. The quantitative estimate of drug-likeness (QED) is 0.418. The molecule has 1 amide bonds. The molecule has 0 fully saturated rings. The van der Waals surface area contributed by atoms with Crippen molar-refractivity contribution in [1.29, 1.82) is 0 Å². The van der Waals surface area contributed by atoms with Crippen molar-refractivity contribution in [2.24, 2.45) is 0 Å². The van der Waals surface area contributed by atoms with Gasteiger partial charge in [-0.05, 0) is 74.6 Å². The molecule has 0 saturated heterocycles. The van der Waals surface area contributed by atoms with Gasteiger partial charge in [0.05, 0.1) is 12.1 Å². The number of carboxylic acid groups (broad SMARTS) is 1. The fraction of sp³-hybridized carbons (Fsp3) is 0.333. The van der Waals surface area contributed by atoms with E-state index in [-0.39, 0.29) is 41.2 Å². The molecule has 0 atom stereocenters. The van der Waals surface area contributed by atoms with Gasteiger partial charge in [0.2, 0.25) is 6.41 Å². The maximum Gasteiger partial charge on any atom is 0.446 e. The summed E-state index contributed by atoms with van der Waals surface area (Å²) in [4.78, 5) is 42.2. The van der Waals surface area contributed by atoms with Crippen LogP contribution in [0, 0.1) is 0 Å². The van der Waals surface area contributed by atoms with E-state index in [4.69, 9.17) is 5.11 Å². The van der Waals surface area contributed by atoms with E-state index in [1.54, 1.807) is 31.9 Å². The minimum Gasteiger partial charge on any atom is -0.477 e. The Hall–Kier alpha value is -2.92. The zero-order valence-corrected chi connectivity index (χ0v) is 18.4. The van der Waals surface area contributed by atoms with Crippen molar-refractivity contribution in [2.75, 3.05) is 18.5 Å². The summed E-state index contributed by atoms with van der Waals surface area (Å²) in [7, 11) is 1.69. The smallest absolute Gasteiger partial charge is 0.446 e. The van der Waals surface area contributed by atoms with Crippen molar-refractivity contribution in [2.45, 2.75) is 36.3 Å². The lowest BCUT2D eigenvalue weighted by atomic mass is 9.95. The molecule has 0 aliphatic rings. The molecule has 0 aliphatic carbocycles. The van der Waals surface area contributed by atoms with E-state index in [0.717, 1.165) is 4.90 Å². The molecule has 1 heterocycles. The topological polar surface area (TPSA) is 90.8 Å². The number of ketones is 1. The van der Waals surface area contributed by atoms with Gasteiger partial charge in [-0.1, -0.05) is 0 Å². The van der Waals surface area contributed by atoms with Crippen molar-refractivity contribution >= 4 is 35.6 Å². The van der Waals surface area contributed by atoms with Gasteiger partial charge in [-0.15, -0.1) is 0 Å². The number of amides is 1. The molecular formula is C21H22F3N3O4S. The normalized spacial score (nSPS) is 12.0. The fourth-order valence-electron chi connectivity index (χ4n) is 2.75. The van der Waals surface area contributed by atoms with Crippen LogP contribution < -0.4 is 4.90 Å². The minimum absolute atomic E-state index is 0.0310. The number of rotatable bonds is 10. The number of alkyl halides is 3. The van der Waals surface area contributed by atoms with Gasteiger partial charge in [0.25, 0.3) is 0 Å². The van der Waals surface area contributed by atoms with Crippen molar-refractivity contribution < 1.29 is 32.7 Å². The number of anilines is 1. The lowest BCUT2D eigenvalue weighted by molar-refractivity contribution is -0.128. The molecule has 172 valence electrons. The molecule has 7 nitrogen and oxygen atoms in total. The number of likely N-dealkylation sites (N-methyl/N-ethyl adjacent to an activating group) is 1. The maximum absolute atomic E-state index is 13.0. The molecule has 0 unspecified atom stereocenters. The number of hydrogen-bond acceptors (Lipinski definition) is 6. The Morgan fingerprint density at radius 2 is 1.78 bits per heavy atom. The van der Waals surface area contributed by atoms with Gasteiger partial charge >= 0.3 is 11.5 Å². The van der Waals surface area contributed by atoms with E-state index in [1.165, 1.54) is 36.5 Å². The largest absolute Gasteiger partial charge is 0.477 e. The van der Waals surface area contributed by atoms with Gasteiger partial charge in [0.1, 0.15) is 5.69 Å². The van der Waals surface area contributed by atoms with E-state index < -0.39 is 17.0 Å². The summed E-state index contributed by atoms with van der Waals surface area (Å²) in [6, 6.07) is 8.21.